The molecule has 3 aliphatic rings. The zero-order valence-electron chi connectivity index (χ0n) is 35.6. The van der Waals surface area contributed by atoms with Crippen LogP contribution in [0.4, 0.5) is 5.69 Å². The molecule has 0 unspecified atom stereocenters. The van der Waals surface area contributed by atoms with Crippen LogP contribution in [0.25, 0.3) is 0 Å². The molecule has 0 spiro atoms. The molecular formula is C44H68N8O6. The molecule has 1 saturated carbocycles. The zero-order chi connectivity index (χ0) is 42.2. The number of aldehydes is 1. The third-order valence-corrected chi connectivity index (χ3v) is 10.4. The van der Waals surface area contributed by atoms with E-state index in [0.29, 0.717) is 32.7 Å². The Morgan fingerprint density at radius 3 is 2.40 bits per heavy atom. The van der Waals surface area contributed by atoms with E-state index in [-0.39, 0.29) is 43.1 Å². The Labute approximate surface area is 345 Å². The molecule has 3 N–H and O–H groups in total. The Kier molecular flexibility index (Phi) is 21.8. The summed E-state index contributed by atoms with van der Waals surface area (Å²) >= 11 is 0. The summed E-state index contributed by atoms with van der Waals surface area (Å²) in [7, 11) is 3.57. The standard InChI is InChI=1S/C14H16N4O2.C14H26N2O4.C14H20N2.C2H6/c1-18-9-16-17-13(18)6-14(7-20-8-14)11-3-2-4-12(5-11)15-10-19;1-16(14(20)7-6-12-18)10-8-13(19)15-9-4-2-3-5-11-17;1-11-8-12(10-16-6-2-3-7-16)9-14(15-11)13-4-5-13;1-2/h2-5,9-10H,6-8H2,1H3,(H,15,19);12,17H,2-11H2,1H3,(H,15,19);8-9,13H,2-7,10H2,1H3;1-2H3. The van der Waals surface area contributed by atoms with Crippen LogP contribution < -0.4 is 10.6 Å². The lowest BCUT2D eigenvalue weighted by atomic mass is 9.75. The Bertz CT molecular complexity index is 1670. The summed E-state index contributed by atoms with van der Waals surface area (Å²) in [6.07, 6.45) is 13.7. The molecule has 0 bridgehead atoms. The molecule has 2 aromatic heterocycles. The van der Waals surface area contributed by atoms with Gasteiger partial charge in [0.05, 0.1) is 13.2 Å². The molecule has 1 aromatic carbocycles. The number of amides is 3. The number of likely N-dealkylation sites (tertiary alicyclic amines) is 1. The first-order valence-electron chi connectivity index (χ1n) is 21.1. The summed E-state index contributed by atoms with van der Waals surface area (Å²) in [6.45, 7) is 12.3. The van der Waals surface area contributed by atoms with Crippen molar-refractivity contribution in [3.05, 3.63) is 71.1 Å². The van der Waals surface area contributed by atoms with Gasteiger partial charge in [0.15, 0.2) is 0 Å². The van der Waals surface area contributed by atoms with Crippen molar-refractivity contribution >= 4 is 30.2 Å². The van der Waals surface area contributed by atoms with E-state index < -0.39 is 0 Å². The molecule has 3 aromatic rings. The van der Waals surface area contributed by atoms with Crippen molar-refractivity contribution in [2.24, 2.45) is 7.05 Å². The number of unbranched alkanes of at least 4 members (excludes halogenated alkanes) is 3. The average Bonchev–Trinajstić information content (AvgIpc) is 3.80. The van der Waals surface area contributed by atoms with Gasteiger partial charge in [-0.2, -0.15) is 0 Å². The fourth-order valence-corrected chi connectivity index (χ4v) is 6.82. The minimum atomic E-state index is -0.117. The number of carbonyl (C=O) groups excluding carboxylic acids is 4. The van der Waals surface area contributed by atoms with Crippen LogP contribution in [0.3, 0.4) is 0 Å². The number of carbonyl (C=O) groups is 4. The van der Waals surface area contributed by atoms with E-state index in [1.807, 2.05) is 43.7 Å². The summed E-state index contributed by atoms with van der Waals surface area (Å²) in [5.74, 6) is 1.52. The molecule has 2 saturated heterocycles. The molecule has 14 heteroatoms. The zero-order valence-corrected chi connectivity index (χ0v) is 35.6. The number of aliphatic hydroxyl groups excluding tert-OH is 1. The third-order valence-electron chi connectivity index (χ3n) is 10.4. The highest BCUT2D eigenvalue weighted by Gasteiger charge is 2.41. The van der Waals surface area contributed by atoms with Gasteiger partial charge in [-0.1, -0.05) is 38.8 Å². The van der Waals surface area contributed by atoms with Gasteiger partial charge in [0.2, 0.25) is 18.2 Å². The molecule has 6 rings (SSSR count). The number of aryl methyl sites for hydroxylation is 2. The fourth-order valence-electron chi connectivity index (χ4n) is 6.82. The number of pyridine rings is 1. The Morgan fingerprint density at radius 1 is 1.03 bits per heavy atom. The number of anilines is 1. The van der Waals surface area contributed by atoms with Gasteiger partial charge in [0.25, 0.3) is 0 Å². The maximum atomic E-state index is 11.5. The molecule has 58 heavy (non-hydrogen) atoms. The van der Waals surface area contributed by atoms with Crippen molar-refractivity contribution in [2.45, 2.75) is 116 Å². The number of aliphatic hydroxyl groups is 1. The van der Waals surface area contributed by atoms with Gasteiger partial charge in [-0.3, -0.25) is 24.3 Å². The van der Waals surface area contributed by atoms with Gasteiger partial charge < -0.3 is 34.7 Å². The van der Waals surface area contributed by atoms with Crippen LogP contribution in [0.1, 0.15) is 119 Å². The van der Waals surface area contributed by atoms with E-state index in [1.54, 1.807) is 13.4 Å². The Balaban J connectivity index is 0.000000229. The molecule has 4 heterocycles. The van der Waals surface area contributed by atoms with E-state index in [1.165, 1.54) is 60.6 Å². The van der Waals surface area contributed by atoms with E-state index in [0.717, 1.165) is 67.9 Å². The highest BCUT2D eigenvalue weighted by molar-refractivity contribution is 5.80. The lowest BCUT2D eigenvalue weighted by Gasteiger charge is -2.41. The van der Waals surface area contributed by atoms with Gasteiger partial charge in [-0.25, -0.2) is 0 Å². The molecular weight excluding hydrogens is 737 g/mol. The van der Waals surface area contributed by atoms with Gasteiger partial charge in [0.1, 0.15) is 18.4 Å². The van der Waals surface area contributed by atoms with Crippen molar-refractivity contribution in [2.75, 3.05) is 58.4 Å². The summed E-state index contributed by atoms with van der Waals surface area (Å²) in [6, 6.07) is 12.5. The van der Waals surface area contributed by atoms with Crippen LogP contribution in [0.15, 0.2) is 42.7 Å². The molecule has 3 fully saturated rings. The number of nitrogens with zero attached hydrogens (tertiary/aromatic N) is 6. The summed E-state index contributed by atoms with van der Waals surface area (Å²) in [5.41, 5.74) is 5.87. The predicted octanol–water partition coefficient (Wildman–Crippen LogP) is 5.27. The summed E-state index contributed by atoms with van der Waals surface area (Å²) < 4.78 is 7.36. The number of nitrogens with one attached hydrogen (secondary N) is 2. The van der Waals surface area contributed by atoms with Crippen LogP contribution in [-0.2, 0) is 49.3 Å². The molecule has 3 amide bonds. The first-order chi connectivity index (χ1) is 28.2. The molecule has 0 atom stereocenters. The van der Waals surface area contributed by atoms with Crippen LogP contribution in [0.5, 0.6) is 0 Å². The topological polar surface area (TPSA) is 172 Å². The maximum Gasteiger partial charge on any atom is 0.222 e. The highest BCUT2D eigenvalue weighted by Crippen LogP contribution is 2.39. The Hall–Kier alpha value is -4.53. The second-order valence-corrected chi connectivity index (χ2v) is 15.2. The first-order valence-corrected chi connectivity index (χ1v) is 21.1. The number of benzene rings is 1. The van der Waals surface area contributed by atoms with E-state index in [9.17, 15) is 19.2 Å². The normalized spacial score (nSPS) is 15.2. The van der Waals surface area contributed by atoms with Crippen molar-refractivity contribution < 1.29 is 29.0 Å². The SMILES string of the molecule is CC.CN(CCC(=O)NCCCCCCO)C(=O)CCC=O.Cc1cc(CN2CCCC2)cc(C2CC2)n1.Cn1cnnc1CC1(c2cccc(NC=O)c2)COC1. The van der Waals surface area contributed by atoms with Crippen LogP contribution in [0, 0.1) is 6.92 Å². The lowest BCUT2D eigenvalue weighted by molar-refractivity contribution is -0.131. The lowest BCUT2D eigenvalue weighted by Crippen LogP contribution is -2.49. The van der Waals surface area contributed by atoms with Crippen molar-refractivity contribution in [1.82, 2.24) is 34.9 Å². The summed E-state index contributed by atoms with van der Waals surface area (Å²) in [4.78, 5) is 52.4. The van der Waals surface area contributed by atoms with E-state index in [2.05, 4.69) is 55.8 Å². The van der Waals surface area contributed by atoms with E-state index in [4.69, 9.17) is 9.84 Å². The molecule has 14 nitrogen and oxygen atoms in total. The summed E-state index contributed by atoms with van der Waals surface area (Å²) in [5, 5.41) is 22.2. The number of hydrogen-bond donors (Lipinski definition) is 3. The van der Waals surface area contributed by atoms with Crippen molar-refractivity contribution in [3.63, 3.8) is 0 Å². The van der Waals surface area contributed by atoms with E-state index >= 15 is 0 Å². The number of rotatable bonds is 20. The smallest absolute Gasteiger partial charge is 0.222 e. The number of aromatic nitrogens is 4. The Morgan fingerprint density at radius 2 is 1.78 bits per heavy atom. The number of ether oxygens (including phenoxy) is 1. The van der Waals surface area contributed by atoms with Crippen molar-refractivity contribution in [1.29, 1.82) is 0 Å². The van der Waals surface area contributed by atoms with Gasteiger partial charge in [-0.05, 0) is 93.9 Å². The average molecular weight is 805 g/mol. The van der Waals surface area contributed by atoms with Crippen molar-refractivity contribution in [3.8, 4) is 0 Å². The fraction of sp³-hybridized carbons (Fsp3) is 0.614. The van der Waals surface area contributed by atoms with Gasteiger partial charge in [0, 0.05) is 94.4 Å². The minimum Gasteiger partial charge on any atom is -0.396 e. The highest BCUT2D eigenvalue weighted by atomic mass is 16.5. The van der Waals surface area contributed by atoms with Gasteiger partial charge >= 0.3 is 0 Å². The predicted molar refractivity (Wildman–Crippen MR) is 226 cm³/mol. The molecule has 0 radical (unpaired) electrons. The third kappa shape index (κ3) is 16.8. The van der Waals surface area contributed by atoms with Gasteiger partial charge in [-0.15, -0.1) is 10.2 Å². The second kappa shape index (κ2) is 26.5. The quantitative estimate of drug-likeness (QED) is 0.101. The largest absolute Gasteiger partial charge is 0.396 e. The monoisotopic (exact) mass is 805 g/mol. The molecule has 320 valence electrons. The number of hydrogen-bond acceptors (Lipinski definition) is 10. The first kappa shape index (κ1) is 47.8. The maximum absolute atomic E-state index is 11.5. The molecule has 2 aliphatic heterocycles. The van der Waals surface area contributed by atoms with Crippen LogP contribution in [-0.4, -0.2) is 112 Å². The second-order valence-electron chi connectivity index (χ2n) is 15.2. The minimum absolute atomic E-state index is 0.0674. The van der Waals surface area contributed by atoms with Crippen LogP contribution >= 0.6 is 0 Å². The van der Waals surface area contributed by atoms with Crippen LogP contribution in [0.2, 0.25) is 0 Å². The molecule has 1 aliphatic carbocycles.